The molecule has 4 heteroatoms. The van der Waals surface area contributed by atoms with Gasteiger partial charge in [0, 0.05) is 25.9 Å². The van der Waals surface area contributed by atoms with Gasteiger partial charge in [0.1, 0.15) is 0 Å². The number of carbonyl (C=O) groups excluding carboxylic acids is 2. The molecular weight excluding hydrogens is 362 g/mol. The lowest BCUT2D eigenvalue weighted by Crippen LogP contribution is -2.38. The number of rotatable bonds is 8. The van der Waals surface area contributed by atoms with Crippen LogP contribution in [0.1, 0.15) is 44.1 Å². The Balaban J connectivity index is 1.37. The highest BCUT2D eigenvalue weighted by molar-refractivity contribution is 5.77. The number of aryl methyl sites for hydroxylation is 1. The molecule has 0 spiro atoms. The van der Waals surface area contributed by atoms with Crippen molar-refractivity contribution in [1.82, 2.24) is 4.90 Å². The van der Waals surface area contributed by atoms with Crippen molar-refractivity contribution in [1.29, 1.82) is 0 Å². The van der Waals surface area contributed by atoms with Gasteiger partial charge in [-0.2, -0.15) is 0 Å². The van der Waals surface area contributed by atoms with E-state index < -0.39 is 0 Å². The molecule has 0 bridgehead atoms. The molecule has 0 N–H and O–H groups in total. The van der Waals surface area contributed by atoms with E-state index in [-0.39, 0.29) is 11.9 Å². The maximum atomic E-state index is 12.3. The smallest absolute Gasteiger partial charge is 0.305 e. The van der Waals surface area contributed by atoms with Crippen molar-refractivity contribution in [3.63, 3.8) is 0 Å². The van der Waals surface area contributed by atoms with Gasteiger partial charge in [0.25, 0.3) is 0 Å². The number of likely N-dealkylation sites (tertiary alicyclic amines) is 1. The zero-order valence-corrected chi connectivity index (χ0v) is 17.3. The third-order valence-corrected chi connectivity index (χ3v) is 5.87. The molecule has 1 amide bonds. The summed E-state index contributed by atoms with van der Waals surface area (Å²) in [6, 6.07) is 19.3. The first kappa shape index (κ1) is 21.1. The van der Waals surface area contributed by atoms with Gasteiger partial charge >= 0.3 is 5.97 Å². The van der Waals surface area contributed by atoms with Crippen molar-refractivity contribution in [3.05, 3.63) is 60.2 Å². The molecule has 0 saturated carbocycles. The number of benzene rings is 2. The fourth-order valence-electron chi connectivity index (χ4n) is 3.98. The lowest BCUT2D eigenvalue weighted by molar-refractivity contribution is -0.141. The molecule has 154 valence electrons. The maximum Gasteiger partial charge on any atom is 0.305 e. The molecule has 0 aromatic heterocycles. The summed E-state index contributed by atoms with van der Waals surface area (Å²) in [7, 11) is 1.38. The van der Waals surface area contributed by atoms with E-state index in [2.05, 4.69) is 53.3 Å². The minimum atomic E-state index is -0.242. The normalized spacial score (nSPS) is 14.6. The molecule has 3 rings (SSSR count). The second kappa shape index (κ2) is 10.8. The summed E-state index contributed by atoms with van der Waals surface area (Å²) in [5.41, 5.74) is 3.89. The molecule has 0 unspecified atom stereocenters. The first-order valence-electron chi connectivity index (χ1n) is 10.6. The van der Waals surface area contributed by atoms with Gasteiger partial charge in [-0.05, 0) is 54.7 Å². The van der Waals surface area contributed by atoms with Gasteiger partial charge in [0.05, 0.1) is 7.11 Å². The summed E-state index contributed by atoms with van der Waals surface area (Å²) >= 11 is 0. The van der Waals surface area contributed by atoms with Crippen molar-refractivity contribution in [2.24, 2.45) is 5.92 Å². The molecule has 0 atom stereocenters. The Morgan fingerprint density at radius 3 is 2.24 bits per heavy atom. The van der Waals surface area contributed by atoms with Crippen LogP contribution >= 0.6 is 0 Å². The largest absolute Gasteiger partial charge is 0.469 e. The van der Waals surface area contributed by atoms with Crippen LogP contribution < -0.4 is 0 Å². The van der Waals surface area contributed by atoms with Crippen LogP contribution in [-0.4, -0.2) is 37.0 Å². The number of amides is 1. The highest BCUT2D eigenvalue weighted by atomic mass is 16.5. The minimum Gasteiger partial charge on any atom is -0.469 e. The molecule has 1 saturated heterocycles. The van der Waals surface area contributed by atoms with E-state index in [0.717, 1.165) is 32.4 Å². The monoisotopic (exact) mass is 393 g/mol. The van der Waals surface area contributed by atoms with Crippen LogP contribution in [0.15, 0.2) is 54.6 Å². The Kier molecular flexibility index (Phi) is 7.85. The molecule has 2 aromatic carbocycles. The van der Waals surface area contributed by atoms with Crippen molar-refractivity contribution >= 4 is 11.9 Å². The number of nitrogens with zero attached hydrogens (tertiary/aromatic N) is 1. The zero-order valence-electron chi connectivity index (χ0n) is 17.3. The summed E-state index contributed by atoms with van der Waals surface area (Å²) in [5, 5.41) is 0. The third-order valence-electron chi connectivity index (χ3n) is 5.87. The fraction of sp³-hybridized carbons (Fsp3) is 0.440. The molecule has 1 heterocycles. The summed E-state index contributed by atoms with van der Waals surface area (Å²) < 4.78 is 4.62. The zero-order chi connectivity index (χ0) is 20.5. The van der Waals surface area contributed by atoms with Crippen molar-refractivity contribution in [2.45, 2.75) is 44.9 Å². The second-order valence-electron chi connectivity index (χ2n) is 7.86. The Labute approximate surface area is 173 Å². The van der Waals surface area contributed by atoms with Crippen molar-refractivity contribution < 1.29 is 14.3 Å². The highest BCUT2D eigenvalue weighted by Crippen LogP contribution is 2.24. The van der Waals surface area contributed by atoms with Gasteiger partial charge in [-0.25, -0.2) is 0 Å². The van der Waals surface area contributed by atoms with Crippen LogP contribution in [-0.2, 0) is 20.7 Å². The van der Waals surface area contributed by atoms with Crippen LogP contribution in [0.4, 0.5) is 0 Å². The van der Waals surface area contributed by atoms with Gasteiger partial charge in [-0.15, -0.1) is 0 Å². The molecule has 2 aromatic rings. The minimum absolute atomic E-state index is 0.170. The van der Waals surface area contributed by atoms with E-state index in [1.165, 1.54) is 30.2 Å². The van der Waals surface area contributed by atoms with Crippen LogP contribution in [0.2, 0.25) is 0 Å². The quantitative estimate of drug-likeness (QED) is 0.601. The fourth-order valence-corrected chi connectivity index (χ4v) is 3.98. The average molecular weight is 394 g/mol. The van der Waals surface area contributed by atoms with Crippen LogP contribution in [0, 0.1) is 5.92 Å². The van der Waals surface area contributed by atoms with Gasteiger partial charge in [0.15, 0.2) is 0 Å². The predicted octanol–water partition coefficient (Wildman–Crippen LogP) is 4.87. The molecule has 1 fully saturated rings. The number of piperidine rings is 1. The highest BCUT2D eigenvalue weighted by Gasteiger charge is 2.22. The van der Waals surface area contributed by atoms with E-state index in [1.54, 1.807) is 0 Å². The molecule has 0 aliphatic carbocycles. The second-order valence-corrected chi connectivity index (χ2v) is 7.86. The topological polar surface area (TPSA) is 46.6 Å². The SMILES string of the molecule is COC(=O)CCCC(=O)N1CCC(CCc2ccc(-c3ccccc3)cc2)CC1. The number of ether oxygens (including phenoxy) is 1. The van der Waals surface area contributed by atoms with Gasteiger partial charge in [0.2, 0.25) is 5.91 Å². The maximum absolute atomic E-state index is 12.3. The Morgan fingerprint density at radius 2 is 1.59 bits per heavy atom. The van der Waals surface area contributed by atoms with Gasteiger partial charge < -0.3 is 9.64 Å². The number of carbonyl (C=O) groups is 2. The van der Waals surface area contributed by atoms with E-state index in [4.69, 9.17) is 0 Å². The molecule has 4 nitrogen and oxygen atoms in total. The first-order valence-corrected chi connectivity index (χ1v) is 10.6. The number of hydrogen-bond acceptors (Lipinski definition) is 3. The van der Waals surface area contributed by atoms with E-state index >= 15 is 0 Å². The lowest BCUT2D eigenvalue weighted by atomic mass is 9.90. The average Bonchev–Trinajstić information content (AvgIpc) is 2.78. The van der Waals surface area contributed by atoms with E-state index in [0.29, 0.717) is 25.2 Å². The third kappa shape index (κ3) is 6.45. The van der Waals surface area contributed by atoms with Crippen molar-refractivity contribution in [2.75, 3.05) is 20.2 Å². The Hall–Kier alpha value is -2.62. The number of esters is 1. The number of methoxy groups -OCH3 is 1. The van der Waals surface area contributed by atoms with E-state index in [1.807, 2.05) is 11.0 Å². The summed E-state index contributed by atoms with van der Waals surface area (Å²) in [6.45, 7) is 1.68. The first-order chi connectivity index (χ1) is 14.2. The van der Waals surface area contributed by atoms with Gasteiger partial charge in [-0.1, -0.05) is 54.6 Å². The molecule has 29 heavy (non-hydrogen) atoms. The predicted molar refractivity (Wildman–Crippen MR) is 115 cm³/mol. The summed E-state index contributed by atoms with van der Waals surface area (Å²) in [6.07, 6.45) is 5.75. The van der Waals surface area contributed by atoms with E-state index in [9.17, 15) is 9.59 Å². The standard InChI is InChI=1S/C25H31NO3/c1-29-25(28)9-5-8-24(27)26-18-16-21(17-19-26)11-10-20-12-14-23(15-13-20)22-6-3-2-4-7-22/h2-4,6-7,12-15,21H,5,8-11,16-19H2,1H3. The summed E-state index contributed by atoms with van der Waals surface area (Å²) in [5.74, 6) is 0.611. The van der Waals surface area contributed by atoms with Gasteiger partial charge in [-0.3, -0.25) is 9.59 Å². The van der Waals surface area contributed by atoms with Crippen LogP contribution in [0.3, 0.4) is 0 Å². The Bertz CT molecular complexity index is 777. The Morgan fingerprint density at radius 1 is 0.931 bits per heavy atom. The summed E-state index contributed by atoms with van der Waals surface area (Å²) in [4.78, 5) is 25.4. The van der Waals surface area contributed by atoms with Crippen LogP contribution in [0.5, 0.6) is 0 Å². The molecule has 1 aliphatic heterocycles. The molecule has 0 radical (unpaired) electrons. The van der Waals surface area contributed by atoms with Crippen molar-refractivity contribution in [3.8, 4) is 11.1 Å². The molecular formula is C25H31NO3. The molecule has 1 aliphatic rings. The lowest BCUT2D eigenvalue weighted by Gasteiger charge is -2.32. The van der Waals surface area contributed by atoms with Crippen LogP contribution in [0.25, 0.3) is 11.1 Å². The number of hydrogen-bond donors (Lipinski definition) is 0.